The van der Waals surface area contributed by atoms with Crippen molar-refractivity contribution in [2.45, 2.75) is 19.0 Å². The third-order valence-electron chi connectivity index (χ3n) is 4.66. The fourth-order valence-electron chi connectivity index (χ4n) is 3.53. The first-order valence-electron chi connectivity index (χ1n) is 8.21. The highest BCUT2D eigenvalue weighted by atomic mass is 16.6. The van der Waals surface area contributed by atoms with Crippen LogP contribution in [-0.2, 0) is 6.54 Å². The van der Waals surface area contributed by atoms with E-state index in [4.69, 9.17) is 9.47 Å². The Balaban J connectivity index is 1.62. The summed E-state index contributed by atoms with van der Waals surface area (Å²) in [6.45, 7) is 0.777. The van der Waals surface area contributed by atoms with Crippen molar-refractivity contribution in [1.29, 1.82) is 0 Å². The minimum absolute atomic E-state index is 0.130. The molecule has 0 aliphatic carbocycles. The zero-order valence-electron chi connectivity index (χ0n) is 13.1. The maximum Gasteiger partial charge on any atom is 0.185 e. The van der Waals surface area contributed by atoms with Gasteiger partial charge in [-0.1, -0.05) is 66.7 Å². The van der Waals surface area contributed by atoms with Crippen molar-refractivity contribution in [3.63, 3.8) is 0 Å². The van der Waals surface area contributed by atoms with Gasteiger partial charge < -0.3 is 9.47 Å². The Labute approximate surface area is 141 Å². The molecule has 3 nitrogen and oxygen atoms in total. The number of ether oxygens (including phenoxy) is 2. The zero-order valence-corrected chi connectivity index (χ0v) is 13.1. The monoisotopic (exact) mass is 315 g/mol. The molecule has 118 valence electrons. The van der Waals surface area contributed by atoms with Gasteiger partial charge in [-0.05, 0) is 17.7 Å². The summed E-state index contributed by atoms with van der Waals surface area (Å²) in [5.74, 6) is 1.82. The molecule has 3 aromatic rings. The van der Waals surface area contributed by atoms with Crippen LogP contribution >= 0.6 is 0 Å². The maximum atomic E-state index is 6.36. The van der Waals surface area contributed by atoms with E-state index in [-0.39, 0.29) is 12.5 Å². The average Bonchev–Trinajstić information content (AvgIpc) is 2.63. The van der Waals surface area contributed by atoms with E-state index in [2.05, 4.69) is 41.3 Å². The molecule has 24 heavy (non-hydrogen) atoms. The molecule has 0 spiro atoms. The first kappa shape index (κ1) is 13.6. The standard InChI is InChI=1S/C21H17NO2/c1-2-8-15(9-3-1)14-22-20-16-10-4-6-12-18(16)23-21(22)17-11-5-7-13-19(17)24-20/h1-13,20-21H,14H2. The highest BCUT2D eigenvalue weighted by Crippen LogP contribution is 2.49. The average molecular weight is 315 g/mol. The topological polar surface area (TPSA) is 21.7 Å². The third-order valence-corrected chi connectivity index (χ3v) is 4.66. The lowest BCUT2D eigenvalue weighted by molar-refractivity contribution is -0.128. The van der Waals surface area contributed by atoms with Crippen LogP contribution in [0.2, 0.25) is 0 Å². The van der Waals surface area contributed by atoms with Crippen LogP contribution in [-0.4, -0.2) is 4.90 Å². The molecule has 0 amide bonds. The molecule has 2 aliphatic rings. The quantitative estimate of drug-likeness (QED) is 0.686. The van der Waals surface area contributed by atoms with Crippen LogP contribution in [0.1, 0.15) is 29.1 Å². The molecular formula is C21H17NO2. The van der Waals surface area contributed by atoms with Crippen molar-refractivity contribution in [2.24, 2.45) is 0 Å². The SMILES string of the molecule is c1ccc(CN2C3Oc4ccccc4C2Oc2ccccc23)cc1. The molecule has 0 saturated heterocycles. The first-order chi connectivity index (χ1) is 11.9. The number of nitrogens with zero attached hydrogens (tertiary/aromatic N) is 1. The summed E-state index contributed by atoms with van der Waals surface area (Å²) in [5, 5.41) is 0. The number of para-hydroxylation sites is 2. The number of hydrogen-bond acceptors (Lipinski definition) is 3. The Morgan fingerprint density at radius 3 is 1.71 bits per heavy atom. The molecule has 2 heterocycles. The van der Waals surface area contributed by atoms with E-state index >= 15 is 0 Å². The van der Waals surface area contributed by atoms with Gasteiger partial charge in [0.2, 0.25) is 0 Å². The molecule has 0 radical (unpaired) electrons. The Morgan fingerprint density at radius 1 is 0.625 bits per heavy atom. The van der Waals surface area contributed by atoms with Crippen LogP contribution in [0.3, 0.4) is 0 Å². The Hall–Kier alpha value is -2.78. The lowest BCUT2D eigenvalue weighted by atomic mass is 10.0. The highest BCUT2D eigenvalue weighted by Gasteiger charge is 2.43. The second-order valence-electron chi connectivity index (χ2n) is 6.17. The van der Waals surface area contributed by atoms with Gasteiger partial charge in [0.05, 0.1) is 0 Å². The van der Waals surface area contributed by atoms with Crippen LogP contribution in [0.15, 0.2) is 78.9 Å². The van der Waals surface area contributed by atoms with Crippen molar-refractivity contribution >= 4 is 0 Å². The summed E-state index contributed by atoms with van der Waals surface area (Å²) < 4.78 is 12.7. The molecule has 0 saturated carbocycles. The van der Waals surface area contributed by atoms with Crippen molar-refractivity contribution < 1.29 is 9.47 Å². The van der Waals surface area contributed by atoms with Gasteiger partial charge in [0.25, 0.3) is 0 Å². The molecule has 0 aromatic heterocycles. The fourth-order valence-corrected chi connectivity index (χ4v) is 3.53. The van der Waals surface area contributed by atoms with Crippen LogP contribution in [0.5, 0.6) is 11.5 Å². The molecule has 3 aromatic carbocycles. The lowest BCUT2D eigenvalue weighted by Crippen LogP contribution is -2.44. The van der Waals surface area contributed by atoms with E-state index in [1.807, 2.05) is 42.5 Å². The molecule has 0 fully saturated rings. The third kappa shape index (κ3) is 2.09. The largest absolute Gasteiger partial charge is 0.470 e. The summed E-state index contributed by atoms with van der Waals surface area (Å²) in [7, 11) is 0. The molecule has 2 bridgehead atoms. The minimum atomic E-state index is -0.130. The van der Waals surface area contributed by atoms with Crippen molar-refractivity contribution in [3.05, 3.63) is 95.6 Å². The van der Waals surface area contributed by atoms with Gasteiger partial charge >= 0.3 is 0 Å². The van der Waals surface area contributed by atoms with Gasteiger partial charge in [0.1, 0.15) is 11.5 Å². The molecular weight excluding hydrogens is 298 g/mol. The second kappa shape index (κ2) is 5.39. The Kier molecular flexibility index (Phi) is 3.06. The molecule has 2 aliphatic heterocycles. The van der Waals surface area contributed by atoms with Gasteiger partial charge in [-0.2, -0.15) is 0 Å². The number of benzene rings is 3. The van der Waals surface area contributed by atoms with Gasteiger partial charge in [0.15, 0.2) is 12.5 Å². The summed E-state index contributed by atoms with van der Waals surface area (Å²) >= 11 is 0. The van der Waals surface area contributed by atoms with Gasteiger partial charge in [-0.15, -0.1) is 0 Å². The number of rotatable bonds is 2. The predicted molar refractivity (Wildman–Crippen MR) is 91.6 cm³/mol. The number of fused-ring (bicyclic) bond motifs is 6. The molecule has 5 rings (SSSR count). The van der Waals surface area contributed by atoms with Gasteiger partial charge in [-0.25, -0.2) is 4.90 Å². The first-order valence-corrected chi connectivity index (χ1v) is 8.21. The number of hydrogen-bond donors (Lipinski definition) is 0. The fraction of sp³-hybridized carbons (Fsp3) is 0.143. The predicted octanol–water partition coefficient (Wildman–Crippen LogP) is 4.67. The summed E-state index contributed by atoms with van der Waals surface area (Å²) in [6.07, 6.45) is -0.259. The summed E-state index contributed by atoms with van der Waals surface area (Å²) in [5.41, 5.74) is 3.41. The Bertz CT molecular complexity index is 824. The van der Waals surface area contributed by atoms with Crippen molar-refractivity contribution in [1.82, 2.24) is 4.90 Å². The van der Waals surface area contributed by atoms with Crippen LogP contribution < -0.4 is 9.47 Å². The van der Waals surface area contributed by atoms with E-state index in [0.29, 0.717) is 0 Å². The Morgan fingerprint density at radius 2 is 1.12 bits per heavy atom. The molecule has 2 unspecified atom stereocenters. The van der Waals surface area contributed by atoms with Crippen LogP contribution in [0.25, 0.3) is 0 Å². The molecule has 3 heteroatoms. The van der Waals surface area contributed by atoms with Gasteiger partial charge in [-0.3, -0.25) is 0 Å². The maximum absolute atomic E-state index is 6.36. The molecule has 2 atom stereocenters. The molecule has 0 N–H and O–H groups in total. The van der Waals surface area contributed by atoms with E-state index in [1.165, 1.54) is 5.56 Å². The summed E-state index contributed by atoms with van der Waals surface area (Å²) in [6, 6.07) is 26.8. The second-order valence-corrected chi connectivity index (χ2v) is 6.17. The van der Waals surface area contributed by atoms with Gasteiger partial charge in [0, 0.05) is 17.7 Å². The van der Waals surface area contributed by atoms with Crippen molar-refractivity contribution in [2.75, 3.05) is 0 Å². The normalized spacial score (nSPS) is 21.2. The highest BCUT2D eigenvalue weighted by molar-refractivity contribution is 5.45. The minimum Gasteiger partial charge on any atom is -0.470 e. The smallest absolute Gasteiger partial charge is 0.185 e. The summed E-state index contributed by atoms with van der Waals surface area (Å²) in [4.78, 5) is 2.28. The lowest BCUT2D eigenvalue weighted by Gasteiger charge is -2.46. The van der Waals surface area contributed by atoms with E-state index in [1.54, 1.807) is 0 Å². The van der Waals surface area contributed by atoms with Crippen LogP contribution in [0.4, 0.5) is 0 Å². The van der Waals surface area contributed by atoms with E-state index in [9.17, 15) is 0 Å². The van der Waals surface area contributed by atoms with E-state index < -0.39 is 0 Å². The zero-order chi connectivity index (χ0) is 15.9. The van der Waals surface area contributed by atoms with E-state index in [0.717, 1.165) is 29.2 Å². The van der Waals surface area contributed by atoms with Crippen LogP contribution in [0, 0.1) is 0 Å². The van der Waals surface area contributed by atoms with Crippen molar-refractivity contribution in [3.8, 4) is 11.5 Å².